The summed E-state index contributed by atoms with van der Waals surface area (Å²) in [6, 6.07) is 1.91. The Morgan fingerprint density at radius 3 is 2.76 bits per heavy atom. The predicted molar refractivity (Wildman–Crippen MR) is 104 cm³/mol. The lowest BCUT2D eigenvalue weighted by Crippen LogP contribution is -2.42. The van der Waals surface area contributed by atoms with Crippen LogP contribution in [0.25, 0.3) is 11.6 Å². The number of carboxylic acids is 1. The molecule has 1 saturated carbocycles. The van der Waals surface area contributed by atoms with Crippen molar-refractivity contribution in [1.29, 1.82) is 0 Å². The largest absolute Gasteiger partial charge is 0.476 e. The van der Waals surface area contributed by atoms with Crippen LogP contribution in [0.3, 0.4) is 0 Å². The summed E-state index contributed by atoms with van der Waals surface area (Å²) < 4.78 is 3.44. The summed E-state index contributed by atoms with van der Waals surface area (Å²) >= 11 is 0. The summed E-state index contributed by atoms with van der Waals surface area (Å²) in [6.07, 6.45) is 8.86. The van der Waals surface area contributed by atoms with E-state index in [-0.39, 0.29) is 11.7 Å². The van der Waals surface area contributed by atoms with Crippen LogP contribution in [0.4, 0.5) is 5.82 Å². The van der Waals surface area contributed by atoms with Crippen molar-refractivity contribution < 1.29 is 9.90 Å². The molecular formula is C19H22N8O2. The van der Waals surface area contributed by atoms with Crippen LogP contribution < -0.4 is 4.90 Å². The Morgan fingerprint density at radius 1 is 1.28 bits per heavy atom. The van der Waals surface area contributed by atoms with Gasteiger partial charge in [0.2, 0.25) is 0 Å². The van der Waals surface area contributed by atoms with E-state index in [2.05, 4.69) is 32.1 Å². The molecule has 2 aliphatic rings. The highest BCUT2D eigenvalue weighted by atomic mass is 16.4. The van der Waals surface area contributed by atoms with E-state index in [9.17, 15) is 4.79 Å². The quantitative estimate of drug-likeness (QED) is 0.718. The van der Waals surface area contributed by atoms with Crippen LogP contribution in [0, 0.1) is 6.92 Å². The number of hydrogen-bond donors (Lipinski definition) is 1. The highest BCUT2D eigenvalue weighted by Crippen LogP contribution is 2.43. The van der Waals surface area contributed by atoms with E-state index < -0.39 is 5.97 Å². The van der Waals surface area contributed by atoms with Crippen LogP contribution in [0.15, 0.2) is 18.5 Å². The number of aromatic nitrogens is 7. The summed E-state index contributed by atoms with van der Waals surface area (Å²) in [5.74, 6) is 1.83. The lowest BCUT2D eigenvalue weighted by Gasteiger charge is -2.41. The summed E-state index contributed by atoms with van der Waals surface area (Å²) in [6.45, 7) is 4.08. The van der Waals surface area contributed by atoms with E-state index >= 15 is 0 Å². The van der Waals surface area contributed by atoms with Gasteiger partial charge in [0.25, 0.3) is 5.95 Å². The molecule has 0 unspecified atom stereocenters. The average molecular weight is 394 g/mol. The van der Waals surface area contributed by atoms with E-state index in [4.69, 9.17) is 10.1 Å². The van der Waals surface area contributed by atoms with Crippen molar-refractivity contribution in [2.24, 2.45) is 0 Å². The molecule has 1 fully saturated rings. The Bertz CT molecular complexity index is 1080. The second kappa shape index (κ2) is 6.64. The second-order valence-corrected chi connectivity index (χ2v) is 7.54. The van der Waals surface area contributed by atoms with E-state index in [1.807, 2.05) is 11.5 Å². The highest BCUT2D eigenvalue weighted by Gasteiger charge is 2.39. The van der Waals surface area contributed by atoms with Gasteiger partial charge in [-0.2, -0.15) is 10.1 Å². The predicted octanol–water partition coefficient (Wildman–Crippen LogP) is 2.46. The zero-order valence-corrected chi connectivity index (χ0v) is 16.4. The van der Waals surface area contributed by atoms with Gasteiger partial charge in [-0.05, 0) is 32.3 Å². The molecule has 4 heterocycles. The number of rotatable bonds is 4. The molecule has 1 aliphatic heterocycles. The molecule has 29 heavy (non-hydrogen) atoms. The Labute approximate surface area is 167 Å². The number of nitrogens with zero attached hydrogens (tertiary/aromatic N) is 8. The van der Waals surface area contributed by atoms with E-state index in [0.29, 0.717) is 12.0 Å². The van der Waals surface area contributed by atoms with Crippen LogP contribution in [-0.4, -0.2) is 51.6 Å². The number of aryl methyl sites for hydroxylation is 1. The summed E-state index contributed by atoms with van der Waals surface area (Å²) in [5, 5.41) is 22.0. The van der Waals surface area contributed by atoms with E-state index in [1.54, 1.807) is 12.4 Å². The smallest absolute Gasteiger partial charge is 0.356 e. The monoisotopic (exact) mass is 394 g/mol. The topological polar surface area (TPSA) is 115 Å². The number of carbonyl (C=O) groups is 1. The average Bonchev–Trinajstić information content (AvgIpc) is 3.47. The first-order valence-electron chi connectivity index (χ1n) is 9.95. The number of fused-ring (bicyclic) bond motifs is 3. The third-order valence-electron chi connectivity index (χ3n) is 5.82. The fourth-order valence-electron chi connectivity index (χ4n) is 4.52. The third-order valence-corrected chi connectivity index (χ3v) is 5.82. The molecule has 0 aromatic carbocycles. The molecule has 1 atom stereocenters. The summed E-state index contributed by atoms with van der Waals surface area (Å²) in [5.41, 5.74) is 0.816. The van der Waals surface area contributed by atoms with Gasteiger partial charge < -0.3 is 10.0 Å². The van der Waals surface area contributed by atoms with Crippen molar-refractivity contribution in [2.45, 2.75) is 58.0 Å². The number of aromatic carboxylic acids is 1. The molecule has 0 bridgehead atoms. The third kappa shape index (κ3) is 2.70. The summed E-state index contributed by atoms with van der Waals surface area (Å²) in [7, 11) is 0. The molecule has 10 heteroatoms. The Hall–Kier alpha value is -3.30. The SMILES string of the molecule is CC[C@@H]1c2nnc(C)n2-c2cnc(-n3ccc(C(=O)O)n3)nc2N1C1CCCC1. The normalized spacial score (nSPS) is 18.7. The van der Waals surface area contributed by atoms with Crippen LogP contribution in [-0.2, 0) is 0 Å². The molecule has 150 valence electrons. The lowest BCUT2D eigenvalue weighted by molar-refractivity contribution is 0.0690. The Kier molecular flexibility index (Phi) is 4.07. The highest BCUT2D eigenvalue weighted by molar-refractivity contribution is 5.85. The van der Waals surface area contributed by atoms with Gasteiger partial charge in [0.1, 0.15) is 11.5 Å². The second-order valence-electron chi connectivity index (χ2n) is 7.54. The maximum atomic E-state index is 11.2. The molecule has 3 aromatic heterocycles. The minimum atomic E-state index is -1.08. The van der Waals surface area contributed by atoms with Crippen LogP contribution in [0.5, 0.6) is 0 Å². The standard InChI is InChI=1S/C19H22N8O2/c1-3-14-17-23-22-11(2)26(17)15-10-20-19(25-9-8-13(24-25)18(28)29)21-16(15)27(14)12-6-4-5-7-12/h8-10,12,14H,3-7H2,1-2H3,(H,28,29)/t14-/m1/s1. The zero-order valence-electron chi connectivity index (χ0n) is 16.4. The van der Waals surface area contributed by atoms with Crippen molar-refractivity contribution in [3.05, 3.63) is 35.8 Å². The van der Waals surface area contributed by atoms with Crippen molar-refractivity contribution in [3.8, 4) is 11.6 Å². The molecule has 0 spiro atoms. The molecule has 1 aliphatic carbocycles. The maximum absolute atomic E-state index is 11.2. The van der Waals surface area contributed by atoms with Crippen molar-refractivity contribution in [2.75, 3.05) is 4.90 Å². The van der Waals surface area contributed by atoms with Crippen molar-refractivity contribution in [1.82, 2.24) is 34.5 Å². The molecule has 3 aromatic rings. The molecule has 10 nitrogen and oxygen atoms in total. The minimum Gasteiger partial charge on any atom is -0.476 e. The van der Waals surface area contributed by atoms with Gasteiger partial charge in [0, 0.05) is 12.2 Å². The molecule has 0 saturated heterocycles. The first-order chi connectivity index (χ1) is 14.1. The fourth-order valence-corrected chi connectivity index (χ4v) is 4.52. The van der Waals surface area contributed by atoms with Crippen LogP contribution in [0.1, 0.15) is 67.2 Å². The van der Waals surface area contributed by atoms with Gasteiger partial charge >= 0.3 is 5.97 Å². The van der Waals surface area contributed by atoms with Crippen molar-refractivity contribution in [3.63, 3.8) is 0 Å². The molecule has 0 radical (unpaired) electrons. The van der Waals surface area contributed by atoms with Gasteiger partial charge in [0.05, 0.1) is 12.2 Å². The Balaban J connectivity index is 1.68. The number of hydrogen-bond acceptors (Lipinski definition) is 7. The first-order valence-corrected chi connectivity index (χ1v) is 9.95. The van der Waals surface area contributed by atoms with Crippen LogP contribution >= 0.6 is 0 Å². The minimum absolute atomic E-state index is 0.0395. The van der Waals surface area contributed by atoms with Crippen molar-refractivity contribution >= 4 is 11.8 Å². The number of carboxylic acid groups (broad SMARTS) is 1. The van der Waals surface area contributed by atoms with Gasteiger partial charge in [-0.3, -0.25) is 4.57 Å². The number of anilines is 1. The van der Waals surface area contributed by atoms with Gasteiger partial charge in [-0.1, -0.05) is 19.8 Å². The van der Waals surface area contributed by atoms with E-state index in [0.717, 1.165) is 42.4 Å². The molecule has 1 N–H and O–H groups in total. The maximum Gasteiger partial charge on any atom is 0.356 e. The first kappa shape index (κ1) is 17.8. The molecular weight excluding hydrogens is 372 g/mol. The summed E-state index contributed by atoms with van der Waals surface area (Å²) in [4.78, 5) is 22.9. The fraction of sp³-hybridized carbons (Fsp3) is 0.474. The lowest BCUT2D eigenvalue weighted by atomic mass is 10.0. The Morgan fingerprint density at radius 2 is 2.07 bits per heavy atom. The van der Waals surface area contributed by atoms with Gasteiger partial charge in [-0.25, -0.2) is 14.5 Å². The van der Waals surface area contributed by atoms with Crippen LogP contribution in [0.2, 0.25) is 0 Å². The van der Waals surface area contributed by atoms with E-state index in [1.165, 1.54) is 23.6 Å². The van der Waals surface area contributed by atoms with Gasteiger partial charge in [-0.15, -0.1) is 10.2 Å². The molecule has 5 rings (SSSR count). The zero-order chi connectivity index (χ0) is 20.1. The molecule has 0 amide bonds. The van der Waals surface area contributed by atoms with Gasteiger partial charge in [0.15, 0.2) is 17.3 Å².